The van der Waals surface area contributed by atoms with Gasteiger partial charge < -0.3 is 0 Å². The Morgan fingerprint density at radius 1 is 1.36 bits per heavy atom. The molecule has 3 atom stereocenters. The quantitative estimate of drug-likeness (QED) is 0.520. The summed E-state index contributed by atoms with van der Waals surface area (Å²) >= 11 is 0. The van der Waals surface area contributed by atoms with Crippen LogP contribution in [-0.4, -0.2) is 5.78 Å². The Morgan fingerprint density at radius 2 is 2.00 bits per heavy atom. The lowest BCUT2D eigenvalue weighted by molar-refractivity contribution is -0.124. The van der Waals surface area contributed by atoms with Gasteiger partial charge in [-0.15, -0.1) is 0 Å². The Bertz CT molecular complexity index is 205. The van der Waals surface area contributed by atoms with Gasteiger partial charge in [0.1, 0.15) is 5.78 Å². The van der Waals surface area contributed by atoms with Gasteiger partial charge in [0.2, 0.25) is 0 Å². The Hall–Kier alpha value is -0.330. The van der Waals surface area contributed by atoms with Gasteiger partial charge in [0, 0.05) is 12.3 Å². The van der Waals surface area contributed by atoms with E-state index >= 15 is 0 Å². The van der Waals surface area contributed by atoms with Crippen LogP contribution in [0.3, 0.4) is 0 Å². The molecule has 2 saturated carbocycles. The minimum Gasteiger partial charge on any atom is -0.299 e. The van der Waals surface area contributed by atoms with Crippen molar-refractivity contribution in [3.63, 3.8) is 0 Å². The fourth-order valence-electron chi connectivity index (χ4n) is 2.66. The highest BCUT2D eigenvalue weighted by Crippen LogP contribution is 2.64. The number of hydrogen-bond acceptors (Lipinski definition) is 1. The molecule has 62 valence electrons. The molecule has 0 bridgehead atoms. The molecule has 0 spiro atoms. The van der Waals surface area contributed by atoms with Crippen LogP contribution in [0.15, 0.2) is 0 Å². The van der Waals surface area contributed by atoms with Gasteiger partial charge in [0.05, 0.1) is 0 Å². The van der Waals surface area contributed by atoms with E-state index in [0.717, 1.165) is 24.7 Å². The van der Waals surface area contributed by atoms with Crippen LogP contribution in [0.5, 0.6) is 0 Å². The second-order valence-corrected chi connectivity index (χ2v) is 4.84. The van der Waals surface area contributed by atoms with E-state index in [1.807, 2.05) is 0 Å². The summed E-state index contributed by atoms with van der Waals surface area (Å²) in [5, 5.41) is 0. The molecule has 0 aromatic carbocycles. The fourth-order valence-corrected chi connectivity index (χ4v) is 2.66. The van der Waals surface area contributed by atoms with E-state index < -0.39 is 0 Å². The molecule has 0 aliphatic heterocycles. The Balaban J connectivity index is 2.12. The van der Waals surface area contributed by atoms with Gasteiger partial charge in [-0.25, -0.2) is 0 Å². The molecular formula is C10H16O. The lowest BCUT2D eigenvalue weighted by Gasteiger charge is -2.14. The van der Waals surface area contributed by atoms with Gasteiger partial charge >= 0.3 is 0 Å². The van der Waals surface area contributed by atoms with Crippen LogP contribution in [0, 0.1) is 23.2 Å². The van der Waals surface area contributed by atoms with Crippen molar-refractivity contribution in [2.45, 2.75) is 33.6 Å². The fraction of sp³-hybridized carbons (Fsp3) is 0.900. The second-order valence-electron chi connectivity index (χ2n) is 4.84. The number of ketones is 1. The predicted octanol–water partition coefficient (Wildman–Crippen LogP) is 2.26. The van der Waals surface area contributed by atoms with Gasteiger partial charge in [0.25, 0.3) is 0 Å². The molecule has 0 aromatic heterocycles. The standard InChI is InChI=1S/C10H16O/c1-6-4-7-8(5-9(6)11)10(7,2)3/h6-8H,4-5H2,1-3H3. The second kappa shape index (κ2) is 1.88. The lowest BCUT2D eigenvalue weighted by atomic mass is 9.90. The van der Waals surface area contributed by atoms with Crippen LogP contribution in [0.4, 0.5) is 0 Å². The molecule has 11 heavy (non-hydrogen) atoms. The number of fused-ring (bicyclic) bond motifs is 1. The van der Waals surface area contributed by atoms with Crippen LogP contribution in [-0.2, 0) is 4.79 Å². The highest BCUT2D eigenvalue weighted by atomic mass is 16.1. The van der Waals surface area contributed by atoms with Gasteiger partial charge in [0.15, 0.2) is 0 Å². The first-order valence-electron chi connectivity index (χ1n) is 4.56. The van der Waals surface area contributed by atoms with E-state index in [4.69, 9.17) is 0 Å². The molecule has 2 fully saturated rings. The van der Waals surface area contributed by atoms with Crippen LogP contribution in [0.25, 0.3) is 0 Å². The maximum absolute atomic E-state index is 11.3. The van der Waals surface area contributed by atoms with Crippen molar-refractivity contribution in [1.82, 2.24) is 0 Å². The molecule has 0 aromatic rings. The summed E-state index contributed by atoms with van der Waals surface area (Å²) in [5.74, 6) is 2.43. The molecule has 2 aliphatic carbocycles. The summed E-state index contributed by atoms with van der Waals surface area (Å²) in [7, 11) is 0. The number of carbonyl (C=O) groups is 1. The maximum Gasteiger partial charge on any atom is 0.136 e. The molecule has 1 nitrogen and oxygen atoms in total. The summed E-state index contributed by atoms with van der Waals surface area (Å²) in [6, 6.07) is 0. The van der Waals surface area contributed by atoms with E-state index in [2.05, 4.69) is 20.8 Å². The van der Waals surface area contributed by atoms with Crippen LogP contribution in [0.2, 0.25) is 0 Å². The molecule has 0 heterocycles. The minimum absolute atomic E-state index is 0.345. The Morgan fingerprint density at radius 3 is 2.55 bits per heavy atom. The highest BCUT2D eigenvalue weighted by molar-refractivity contribution is 5.82. The van der Waals surface area contributed by atoms with Crippen molar-refractivity contribution in [1.29, 1.82) is 0 Å². The normalized spacial score (nSPS) is 46.8. The number of Topliss-reactive ketones (excluding diaryl/α,β-unsaturated/α-hetero) is 1. The molecule has 0 radical (unpaired) electrons. The zero-order valence-electron chi connectivity index (χ0n) is 7.55. The number of hydrogen-bond donors (Lipinski definition) is 0. The zero-order chi connectivity index (χ0) is 8.22. The molecule has 3 unspecified atom stereocenters. The van der Waals surface area contributed by atoms with E-state index in [0.29, 0.717) is 17.1 Å². The van der Waals surface area contributed by atoms with E-state index in [9.17, 15) is 4.79 Å². The third kappa shape index (κ3) is 0.863. The predicted molar refractivity (Wildman–Crippen MR) is 44.2 cm³/mol. The van der Waals surface area contributed by atoms with Crippen molar-refractivity contribution in [2.75, 3.05) is 0 Å². The first kappa shape index (κ1) is 7.33. The number of carbonyl (C=O) groups excluding carboxylic acids is 1. The smallest absolute Gasteiger partial charge is 0.136 e. The summed E-state index contributed by atoms with van der Waals surface area (Å²) in [6.45, 7) is 6.67. The average Bonchev–Trinajstić information content (AvgIpc) is 2.39. The Labute approximate surface area is 68.2 Å². The average molecular weight is 152 g/mol. The van der Waals surface area contributed by atoms with Crippen LogP contribution in [0.1, 0.15) is 33.6 Å². The Kier molecular flexibility index (Phi) is 1.25. The third-order valence-corrected chi connectivity index (χ3v) is 3.87. The van der Waals surface area contributed by atoms with Crippen LogP contribution >= 0.6 is 0 Å². The summed E-state index contributed by atoms with van der Waals surface area (Å²) in [5.41, 5.74) is 0.487. The van der Waals surface area contributed by atoms with Crippen molar-refractivity contribution in [3.8, 4) is 0 Å². The summed E-state index contributed by atoms with van der Waals surface area (Å²) < 4.78 is 0. The zero-order valence-corrected chi connectivity index (χ0v) is 7.55. The SMILES string of the molecule is CC1CC2C(CC1=O)C2(C)C. The van der Waals surface area contributed by atoms with Gasteiger partial charge in [-0.1, -0.05) is 20.8 Å². The van der Waals surface area contributed by atoms with Crippen molar-refractivity contribution in [3.05, 3.63) is 0 Å². The van der Waals surface area contributed by atoms with Crippen molar-refractivity contribution >= 4 is 5.78 Å². The third-order valence-electron chi connectivity index (χ3n) is 3.87. The highest BCUT2D eigenvalue weighted by Gasteiger charge is 2.60. The molecular weight excluding hydrogens is 136 g/mol. The molecule has 0 saturated heterocycles. The molecule has 2 aliphatic rings. The molecule has 0 amide bonds. The summed E-state index contributed by atoms with van der Waals surface area (Å²) in [6.07, 6.45) is 2.01. The largest absolute Gasteiger partial charge is 0.299 e. The van der Waals surface area contributed by atoms with E-state index in [1.165, 1.54) is 0 Å². The number of rotatable bonds is 0. The van der Waals surface area contributed by atoms with Gasteiger partial charge in [-0.05, 0) is 23.7 Å². The first-order valence-corrected chi connectivity index (χ1v) is 4.56. The van der Waals surface area contributed by atoms with Gasteiger partial charge in [-0.2, -0.15) is 0 Å². The molecule has 2 rings (SSSR count). The maximum atomic E-state index is 11.3. The van der Waals surface area contributed by atoms with Gasteiger partial charge in [-0.3, -0.25) is 4.79 Å². The van der Waals surface area contributed by atoms with Crippen LogP contribution < -0.4 is 0 Å². The minimum atomic E-state index is 0.345. The topological polar surface area (TPSA) is 17.1 Å². The lowest BCUT2D eigenvalue weighted by Crippen LogP contribution is -2.17. The summed E-state index contributed by atoms with van der Waals surface area (Å²) in [4.78, 5) is 11.3. The first-order chi connectivity index (χ1) is 5.03. The van der Waals surface area contributed by atoms with E-state index in [-0.39, 0.29) is 0 Å². The van der Waals surface area contributed by atoms with Crippen molar-refractivity contribution < 1.29 is 4.79 Å². The van der Waals surface area contributed by atoms with E-state index in [1.54, 1.807) is 0 Å². The molecule has 0 N–H and O–H groups in total. The monoisotopic (exact) mass is 152 g/mol. The van der Waals surface area contributed by atoms with Crippen molar-refractivity contribution in [2.24, 2.45) is 23.2 Å². The molecule has 1 heteroatoms.